The normalized spacial score (nSPS) is 14.7. The molecule has 1 amide bonds. The Morgan fingerprint density at radius 3 is 2.62 bits per heavy atom. The molecule has 166 valence electrons. The summed E-state index contributed by atoms with van der Waals surface area (Å²) in [5.41, 5.74) is 7.01. The van der Waals surface area contributed by atoms with E-state index in [0.717, 1.165) is 40.5 Å². The molecular weight excluding hydrogens is 418 g/mol. The van der Waals surface area contributed by atoms with E-state index in [-0.39, 0.29) is 11.7 Å². The van der Waals surface area contributed by atoms with Crippen LogP contribution in [0.4, 0.5) is 0 Å². The second-order valence-electron chi connectivity index (χ2n) is 8.33. The molecule has 4 rings (SSSR count). The quantitative estimate of drug-likeness (QED) is 0.303. The van der Waals surface area contributed by atoms with Crippen LogP contribution in [0, 0.1) is 13.8 Å². The van der Waals surface area contributed by atoms with Gasteiger partial charge >= 0.3 is 0 Å². The first-order chi connectivity index (χ1) is 15.6. The number of thioether (sulfide) groups is 1. The molecule has 1 heterocycles. The van der Waals surface area contributed by atoms with Crippen molar-refractivity contribution in [3.8, 4) is 11.4 Å². The van der Waals surface area contributed by atoms with Crippen molar-refractivity contribution in [1.82, 2.24) is 20.2 Å². The zero-order valence-corrected chi connectivity index (χ0v) is 19.4. The van der Waals surface area contributed by atoms with Crippen molar-refractivity contribution >= 4 is 23.9 Å². The number of hydrogen-bond acceptors (Lipinski definition) is 5. The summed E-state index contributed by atoms with van der Waals surface area (Å²) in [6, 6.07) is 16.7. The maximum absolute atomic E-state index is 12.4. The van der Waals surface area contributed by atoms with Crippen molar-refractivity contribution in [1.29, 1.82) is 0 Å². The van der Waals surface area contributed by atoms with Gasteiger partial charge in [-0.25, -0.2) is 5.43 Å². The molecule has 1 N–H and O–H groups in total. The second-order valence-corrected chi connectivity index (χ2v) is 9.27. The zero-order chi connectivity index (χ0) is 22.3. The van der Waals surface area contributed by atoms with E-state index < -0.39 is 0 Å². The van der Waals surface area contributed by atoms with Crippen LogP contribution in [0.3, 0.4) is 0 Å². The number of aryl methyl sites for hydroxylation is 2. The first-order valence-corrected chi connectivity index (χ1v) is 12.1. The van der Waals surface area contributed by atoms with Crippen LogP contribution in [0.5, 0.6) is 0 Å². The van der Waals surface area contributed by atoms with Gasteiger partial charge < -0.3 is 0 Å². The minimum absolute atomic E-state index is 0.158. The number of aromatic nitrogens is 3. The highest BCUT2D eigenvalue weighted by molar-refractivity contribution is 7.99. The number of hydrazone groups is 1. The average Bonchev–Trinajstić information content (AvgIpc) is 3.23. The third-order valence-corrected chi connectivity index (χ3v) is 6.63. The van der Waals surface area contributed by atoms with Gasteiger partial charge in [0.25, 0.3) is 5.91 Å². The number of rotatable bonds is 7. The fourth-order valence-corrected chi connectivity index (χ4v) is 4.83. The summed E-state index contributed by atoms with van der Waals surface area (Å²) in [6.45, 7) is 4.11. The Balaban J connectivity index is 1.45. The highest BCUT2D eigenvalue weighted by Gasteiger charge is 2.24. The SMILES string of the molecule is Cc1ccc(-c2nnc(SCC(=O)N/N=C/c3cccc(C)c3)n2C2CCCCC2)cc1. The molecule has 3 aromatic rings. The lowest BCUT2D eigenvalue weighted by Gasteiger charge is -2.25. The molecule has 1 fully saturated rings. The first kappa shape index (κ1) is 22.3. The van der Waals surface area contributed by atoms with Crippen LogP contribution in [0.25, 0.3) is 11.4 Å². The van der Waals surface area contributed by atoms with Crippen LogP contribution >= 0.6 is 11.8 Å². The Hall–Kier alpha value is -2.93. The highest BCUT2D eigenvalue weighted by Crippen LogP contribution is 2.35. The summed E-state index contributed by atoms with van der Waals surface area (Å²) in [5, 5.41) is 13.9. The molecule has 2 aromatic carbocycles. The summed E-state index contributed by atoms with van der Waals surface area (Å²) in [5.74, 6) is 0.968. The van der Waals surface area contributed by atoms with E-state index in [0.29, 0.717) is 6.04 Å². The lowest BCUT2D eigenvalue weighted by Crippen LogP contribution is -2.20. The molecule has 0 radical (unpaired) electrons. The molecule has 6 nitrogen and oxygen atoms in total. The van der Waals surface area contributed by atoms with E-state index in [9.17, 15) is 4.79 Å². The third kappa shape index (κ3) is 5.65. The molecular formula is C25H29N5OS. The van der Waals surface area contributed by atoms with E-state index in [1.165, 1.54) is 36.6 Å². The van der Waals surface area contributed by atoms with Gasteiger partial charge in [-0.05, 0) is 32.3 Å². The maximum atomic E-state index is 12.4. The standard InChI is InChI=1S/C25H29N5OS/c1-18-11-13-21(14-12-18)24-28-29-25(30(24)22-9-4-3-5-10-22)32-17-23(31)27-26-16-20-8-6-7-19(2)15-20/h6-8,11-16,22H,3-5,9-10,17H2,1-2H3,(H,27,31)/b26-16+. The van der Waals surface area contributed by atoms with Crippen LogP contribution in [-0.2, 0) is 4.79 Å². The number of benzene rings is 2. The van der Waals surface area contributed by atoms with E-state index in [1.807, 2.05) is 31.2 Å². The summed E-state index contributed by atoms with van der Waals surface area (Å²) in [7, 11) is 0. The van der Waals surface area contributed by atoms with Crippen LogP contribution in [0.15, 0.2) is 58.8 Å². The Kier molecular flexibility index (Phi) is 7.37. The van der Waals surface area contributed by atoms with E-state index >= 15 is 0 Å². The minimum Gasteiger partial charge on any atom is -0.299 e. The molecule has 0 unspecified atom stereocenters. The predicted octanol–water partition coefficient (Wildman–Crippen LogP) is 5.31. The lowest BCUT2D eigenvalue weighted by molar-refractivity contribution is -0.118. The van der Waals surface area contributed by atoms with Crippen molar-refractivity contribution in [2.45, 2.75) is 57.1 Å². The van der Waals surface area contributed by atoms with E-state index in [4.69, 9.17) is 0 Å². The Morgan fingerprint density at radius 2 is 1.88 bits per heavy atom. The molecule has 1 aliphatic carbocycles. The number of hydrogen-bond donors (Lipinski definition) is 1. The van der Waals surface area contributed by atoms with Crippen molar-refractivity contribution in [2.24, 2.45) is 5.10 Å². The first-order valence-electron chi connectivity index (χ1n) is 11.1. The molecule has 1 aliphatic rings. The molecule has 0 atom stereocenters. The topological polar surface area (TPSA) is 72.2 Å². The predicted molar refractivity (Wildman–Crippen MR) is 130 cm³/mol. The van der Waals surface area contributed by atoms with Crippen LogP contribution in [0.1, 0.15) is 54.8 Å². The van der Waals surface area contributed by atoms with Gasteiger partial charge in [-0.15, -0.1) is 10.2 Å². The van der Waals surface area contributed by atoms with E-state index in [1.54, 1.807) is 6.21 Å². The monoisotopic (exact) mass is 447 g/mol. The Morgan fingerprint density at radius 1 is 1.09 bits per heavy atom. The number of carbonyl (C=O) groups is 1. The second kappa shape index (κ2) is 10.6. The largest absolute Gasteiger partial charge is 0.299 e. The Labute approximate surface area is 193 Å². The maximum Gasteiger partial charge on any atom is 0.250 e. The average molecular weight is 448 g/mol. The van der Waals surface area contributed by atoms with Crippen molar-refractivity contribution in [3.05, 3.63) is 65.2 Å². The van der Waals surface area contributed by atoms with Gasteiger partial charge in [-0.2, -0.15) is 5.10 Å². The van der Waals surface area contributed by atoms with Gasteiger partial charge in [-0.3, -0.25) is 9.36 Å². The molecule has 7 heteroatoms. The van der Waals surface area contributed by atoms with Gasteiger partial charge in [0, 0.05) is 11.6 Å². The van der Waals surface area contributed by atoms with Crippen molar-refractivity contribution in [3.63, 3.8) is 0 Å². The number of nitrogens with zero attached hydrogens (tertiary/aromatic N) is 4. The molecule has 0 bridgehead atoms. The summed E-state index contributed by atoms with van der Waals surface area (Å²) in [4.78, 5) is 12.4. The Bertz CT molecular complexity index is 1080. The van der Waals surface area contributed by atoms with Crippen LogP contribution in [0.2, 0.25) is 0 Å². The van der Waals surface area contributed by atoms with Gasteiger partial charge in [-0.1, -0.05) is 90.7 Å². The third-order valence-electron chi connectivity index (χ3n) is 5.69. The van der Waals surface area contributed by atoms with E-state index in [2.05, 4.69) is 56.5 Å². The van der Waals surface area contributed by atoms with Crippen LogP contribution in [-0.4, -0.2) is 32.6 Å². The van der Waals surface area contributed by atoms with Gasteiger partial charge in [0.1, 0.15) is 0 Å². The number of carbonyl (C=O) groups excluding carboxylic acids is 1. The summed E-state index contributed by atoms with van der Waals surface area (Å²) >= 11 is 1.42. The van der Waals surface area contributed by atoms with Gasteiger partial charge in [0.2, 0.25) is 0 Å². The highest BCUT2D eigenvalue weighted by atomic mass is 32.2. The summed E-state index contributed by atoms with van der Waals surface area (Å²) in [6.07, 6.45) is 7.62. The molecule has 1 aromatic heterocycles. The molecule has 0 saturated heterocycles. The molecule has 0 spiro atoms. The minimum atomic E-state index is -0.158. The summed E-state index contributed by atoms with van der Waals surface area (Å²) < 4.78 is 2.25. The van der Waals surface area contributed by atoms with Crippen LogP contribution < -0.4 is 5.43 Å². The smallest absolute Gasteiger partial charge is 0.250 e. The van der Waals surface area contributed by atoms with Crippen molar-refractivity contribution in [2.75, 3.05) is 5.75 Å². The van der Waals surface area contributed by atoms with Gasteiger partial charge in [0.15, 0.2) is 11.0 Å². The zero-order valence-electron chi connectivity index (χ0n) is 18.6. The fraction of sp³-hybridized carbons (Fsp3) is 0.360. The molecule has 0 aliphatic heterocycles. The molecule has 32 heavy (non-hydrogen) atoms. The number of amides is 1. The molecule has 1 saturated carbocycles. The number of nitrogens with one attached hydrogen (secondary N) is 1. The van der Waals surface area contributed by atoms with Gasteiger partial charge in [0.05, 0.1) is 12.0 Å². The lowest BCUT2D eigenvalue weighted by atomic mass is 9.95. The van der Waals surface area contributed by atoms with Crippen molar-refractivity contribution < 1.29 is 4.79 Å². The fourth-order valence-electron chi connectivity index (χ4n) is 4.03.